The maximum absolute atomic E-state index is 13.7. The molecule has 0 unspecified atom stereocenters. The minimum absolute atomic E-state index is 0.0436. The molecule has 2 aliphatic rings. The van der Waals surface area contributed by atoms with E-state index in [2.05, 4.69) is 10.3 Å². The van der Waals surface area contributed by atoms with Crippen LogP contribution in [0.25, 0.3) is 11.1 Å². The molecule has 0 atom stereocenters. The van der Waals surface area contributed by atoms with Crippen molar-refractivity contribution in [3.8, 4) is 11.1 Å². The van der Waals surface area contributed by atoms with Crippen LogP contribution in [0.5, 0.6) is 0 Å². The van der Waals surface area contributed by atoms with E-state index in [9.17, 15) is 24.3 Å². The zero-order valence-electron chi connectivity index (χ0n) is 25.8. The molecule has 12 nitrogen and oxygen atoms in total. The number of ether oxygens (including phenoxy) is 1. The number of pyridine rings is 2. The predicted molar refractivity (Wildman–Crippen MR) is 174 cm³/mol. The number of nitrogens with one attached hydrogen (secondary N) is 1. The molecule has 2 aliphatic heterocycles. The Balaban J connectivity index is 1.31. The number of morpholine rings is 1. The van der Waals surface area contributed by atoms with E-state index in [1.807, 2.05) is 31.1 Å². The average molecular weight is 623 g/mol. The summed E-state index contributed by atoms with van der Waals surface area (Å²) in [4.78, 5) is 61.9. The number of carboxylic acids is 1. The number of hydrogen-bond donors (Lipinski definition) is 2. The first-order valence-electron chi connectivity index (χ1n) is 14.9. The first-order chi connectivity index (χ1) is 22.1. The molecule has 1 saturated heterocycles. The van der Waals surface area contributed by atoms with Crippen molar-refractivity contribution in [2.75, 3.05) is 62.1 Å². The van der Waals surface area contributed by atoms with Crippen LogP contribution in [0.4, 0.5) is 22.9 Å². The van der Waals surface area contributed by atoms with Gasteiger partial charge in [-0.25, -0.2) is 9.78 Å². The van der Waals surface area contributed by atoms with Crippen molar-refractivity contribution in [1.82, 2.24) is 14.5 Å². The topological polar surface area (TPSA) is 137 Å². The molecule has 236 valence electrons. The second-order valence-electron chi connectivity index (χ2n) is 11.5. The zero-order valence-corrected chi connectivity index (χ0v) is 25.8. The van der Waals surface area contributed by atoms with Crippen molar-refractivity contribution in [3.63, 3.8) is 0 Å². The van der Waals surface area contributed by atoms with Gasteiger partial charge in [0.2, 0.25) is 0 Å². The molecule has 2 aromatic heterocycles. The summed E-state index contributed by atoms with van der Waals surface area (Å²) >= 11 is 0. The highest BCUT2D eigenvalue weighted by Crippen LogP contribution is 2.35. The molecule has 0 aliphatic carbocycles. The third-order valence-corrected chi connectivity index (χ3v) is 8.30. The Morgan fingerprint density at radius 2 is 1.76 bits per heavy atom. The molecule has 2 N–H and O–H groups in total. The van der Waals surface area contributed by atoms with Crippen molar-refractivity contribution in [3.05, 3.63) is 99.6 Å². The van der Waals surface area contributed by atoms with Crippen LogP contribution in [0, 0.1) is 0 Å². The van der Waals surface area contributed by atoms with Gasteiger partial charge in [0, 0.05) is 70.0 Å². The van der Waals surface area contributed by atoms with Crippen LogP contribution in [0.15, 0.2) is 71.8 Å². The molecule has 12 heteroatoms. The molecular weight excluding hydrogens is 588 g/mol. The lowest BCUT2D eigenvalue weighted by Crippen LogP contribution is -2.40. The molecular formula is C34H34N6O6. The number of aryl methyl sites for hydroxylation is 1. The number of fused-ring (bicyclic) bond motifs is 1. The Bertz CT molecular complexity index is 1900. The number of nitrogens with zero attached hydrogens (tertiary/aromatic N) is 5. The van der Waals surface area contributed by atoms with E-state index < -0.39 is 5.97 Å². The lowest BCUT2D eigenvalue weighted by atomic mass is 9.94. The van der Waals surface area contributed by atoms with Gasteiger partial charge in [-0.3, -0.25) is 14.4 Å². The van der Waals surface area contributed by atoms with E-state index in [0.717, 1.165) is 11.3 Å². The minimum atomic E-state index is -1.20. The number of carbonyl (C=O) groups excluding carboxylic acids is 2. The Morgan fingerprint density at radius 1 is 0.978 bits per heavy atom. The van der Waals surface area contributed by atoms with Crippen molar-refractivity contribution in [2.45, 2.75) is 6.42 Å². The van der Waals surface area contributed by atoms with Gasteiger partial charge in [0.05, 0.1) is 30.0 Å². The monoisotopic (exact) mass is 622 g/mol. The van der Waals surface area contributed by atoms with Crippen LogP contribution in [0.3, 0.4) is 0 Å². The number of anilines is 4. The summed E-state index contributed by atoms with van der Waals surface area (Å²) in [5.74, 6) is -1.27. The third-order valence-electron chi connectivity index (χ3n) is 8.30. The van der Waals surface area contributed by atoms with Crippen molar-refractivity contribution in [2.24, 2.45) is 7.05 Å². The molecule has 2 aromatic carbocycles. The smallest absolute Gasteiger partial charge is 0.338 e. The normalized spacial score (nSPS) is 14.5. The summed E-state index contributed by atoms with van der Waals surface area (Å²) < 4.78 is 6.67. The van der Waals surface area contributed by atoms with Crippen molar-refractivity contribution in [1.29, 1.82) is 0 Å². The van der Waals surface area contributed by atoms with Crippen molar-refractivity contribution >= 4 is 40.7 Å². The fraction of sp³-hybridized carbons (Fsp3) is 0.265. The van der Waals surface area contributed by atoms with Crippen LogP contribution in [0.1, 0.15) is 36.6 Å². The number of aromatic nitrogens is 2. The SMILES string of the molecule is CN(C)c1ccc2c(c1)CCN(c1cccc(-c3cc(Nc4ccc(C(=O)N5CCOCC5)cn4)c(=O)n(C)c3)c1C(=O)O)C2=O. The second kappa shape index (κ2) is 12.5. The highest BCUT2D eigenvalue weighted by molar-refractivity contribution is 6.13. The molecule has 0 saturated carbocycles. The second-order valence-corrected chi connectivity index (χ2v) is 11.5. The van der Waals surface area contributed by atoms with Gasteiger partial charge in [-0.15, -0.1) is 0 Å². The van der Waals surface area contributed by atoms with E-state index in [0.29, 0.717) is 67.3 Å². The van der Waals surface area contributed by atoms with Crippen LogP contribution in [0.2, 0.25) is 0 Å². The molecule has 4 aromatic rings. The van der Waals surface area contributed by atoms with E-state index in [-0.39, 0.29) is 34.3 Å². The Kier molecular flexibility index (Phi) is 8.29. The summed E-state index contributed by atoms with van der Waals surface area (Å²) in [6.45, 7) is 2.33. The lowest BCUT2D eigenvalue weighted by molar-refractivity contribution is 0.0302. The highest BCUT2D eigenvalue weighted by Gasteiger charge is 2.30. The third kappa shape index (κ3) is 5.82. The van der Waals surface area contributed by atoms with E-state index in [1.54, 1.807) is 60.6 Å². The summed E-state index contributed by atoms with van der Waals surface area (Å²) in [5, 5.41) is 13.5. The largest absolute Gasteiger partial charge is 0.478 e. The minimum Gasteiger partial charge on any atom is -0.478 e. The number of aromatic carboxylic acids is 1. The molecule has 0 spiro atoms. The average Bonchev–Trinajstić information content (AvgIpc) is 3.06. The van der Waals surface area contributed by atoms with E-state index in [4.69, 9.17) is 4.74 Å². The van der Waals surface area contributed by atoms with Gasteiger partial charge in [0.15, 0.2) is 0 Å². The van der Waals surface area contributed by atoms with Crippen LogP contribution in [-0.2, 0) is 18.2 Å². The maximum Gasteiger partial charge on any atom is 0.338 e. The summed E-state index contributed by atoms with van der Waals surface area (Å²) in [6, 6.07) is 15.5. The lowest BCUT2D eigenvalue weighted by Gasteiger charge is -2.31. The van der Waals surface area contributed by atoms with Crippen LogP contribution < -0.4 is 20.7 Å². The first-order valence-corrected chi connectivity index (χ1v) is 14.9. The number of amides is 2. The Hall–Kier alpha value is -5.49. The van der Waals surface area contributed by atoms with Gasteiger partial charge in [-0.1, -0.05) is 12.1 Å². The molecule has 4 heterocycles. The van der Waals surface area contributed by atoms with E-state index in [1.165, 1.54) is 15.7 Å². The predicted octanol–water partition coefficient (Wildman–Crippen LogP) is 3.63. The number of benzene rings is 2. The highest BCUT2D eigenvalue weighted by atomic mass is 16.5. The van der Waals surface area contributed by atoms with E-state index >= 15 is 0 Å². The number of carbonyl (C=O) groups is 3. The van der Waals surface area contributed by atoms with Crippen molar-refractivity contribution < 1.29 is 24.2 Å². The summed E-state index contributed by atoms with van der Waals surface area (Å²) in [7, 11) is 5.45. The Morgan fingerprint density at radius 3 is 2.46 bits per heavy atom. The number of rotatable bonds is 7. The van der Waals surface area contributed by atoms with Gasteiger partial charge in [0.25, 0.3) is 17.4 Å². The summed E-state index contributed by atoms with van der Waals surface area (Å²) in [5.41, 5.74) is 3.73. The fourth-order valence-corrected chi connectivity index (χ4v) is 5.84. The van der Waals surface area contributed by atoms with Crippen LogP contribution >= 0.6 is 0 Å². The number of hydrogen-bond acceptors (Lipinski definition) is 8. The summed E-state index contributed by atoms with van der Waals surface area (Å²) in [6.07, 6.45) is 3.59. The quantitative estimate of drug-likeness (QED) is 0.317. The number of carboxylic acid groups (broad SMARTS) is 1. The fourth-order valence-electron chi connectivity index (χ4n) is 5.84. The molecule has 1 fully saturated rings. The maximum atomic E-state index is 13.7. The van der Waals surface area contributed by atoms with Gasteiger partial charge < -0.3 is 34.4 Å². The van der Waals surface area contributed by atoms with Gasteiger partial charge >= 0.3 is 5.97 Å². The van der Waals surface area contributed by atoms with Gasteiger partial charge in [-0.05, 0) is 60.0 Å². The molecule has 0 radical (unpaired) electrons. The van der Waals surface area contributed by atoms with Crippen LogP contribution in [-0.4, -0.2) is 84.3 Å². The van der Waals surface area contributed by atoms with Gasteiger partial charge in [0.1, 0.15) is 11.5 Å². The zero-order chi connectivity index (χ0) is 32.5. The molecule has 46 heavy (non-hydrogen) atoms. The first kappa shape index (κ1) is 30.5. The molecule has 2 amide bonds. The molecule has 6 rings (SSSR count). The molecule has 0 bridgehead atoms. The van der Waals surface area contributed by atoms with Gasteiger partial charge in [-0.2, -0.15) is 0 Å². The standard InChI is InChI=1S/C34H34N6O6/c1-37(2)24-8-9-26-21(17-24)11-12-40(32(26)42)28-6-4-5-25(30(28)34(44)45)23-18-27(33(43)38(3)20-23)36-29-10-7-22(19-35-29)31(41)39-13-15-46-16-14-39/h4-10,17-20H,11-16H2,1-3H3,(H,35,36)(H,44,45). The Labute approximate surface area is 265 Å².